The third kappa shape index (κ3) is 3.24. The molecule has 2 aromatic rings. The van der Waals surface area contributed by atoms with Gasteiger partial charge in [-0.25, -0.2) is 0 Å². The number of benzene rings is 2. The number of nitro groups is 2. The van der Waals surface area contributed by atoms with Crippen LogP contribution in [0, 0.1) is 20.2 Å². The van der Waals surface area contributed by atoms with Crippen LogP contribution >= 0.6 is 0 Å². The number of carbonyl (C=O) groups excluding carboxylic acids is 4. The van der Waals surface area contributed by atoms with E-state index in [4.69, 9.17) is 11.5 Å². The molecule has 14 heteroatoms. The monoisotopic (exact) mass is 414 g/mol. The summed E-state index contributed by atoms with van der Waals surface area (Å²) < 4.78 is 0. The Morgan fingerprint density at radius 3 is 1.13 bits per heavy atom. The number of nitro benzene ring substituents is 2. The van der Waals surface area contributed by atoms with Crippen LogP contribution in [0.25, 0.3) is 0 Å². The molecule has 0 atom stereocenters. The van der Waals surface area contributed by atoms with E-state index in [2.05, 4.69) is 0 Å². The summed E-state index contributed by atoms with van der Waals surface area (Å²) in [6, 6.07) is 4.27. The van der Waals surface area contributed by atoms with Gasteiger partial charge in [0.25, 0.3) is 35.0 Å². The van der Waals surface area contributed by atoms with Crippen molar-refractivity contribution < 1.29 is 29.0 Å². The van der Waals surface area contributed by atoms with Crippen LogP contribution in [0.2, 0.25) is 0 Å². The number of carbonyl (C=O) groups is 4. The van der Waals surface area contributed by atoms with E-state index >= 15 is 0 Å². The number of imide groups is 2. The van der Waals surface area contributed by atoms with Crippen molar-refractivity contribution in [1.29, 1.82) is 0 Å². The van der Waals surface area contributed by atoms with Gasteiger partial charge < -0.3 is 11.5 Å². The van der Waals surface area contributed by atoms with E-state index in [1.165, 1.54) is 0 Å². The first-order valence-corrected chi connectivity index (χ1v) is 7.88. The Kier molecular flexibility index (Phi) is 4.59. The quantitative estimate of drug-likeness (QED) is 0.224. The van der Waals surface area contributed by atoms with E-state index < -0.39 is 33.5 Å². The maximum atomic E-state index is 11.2. The molecule has 0 saturated heterocycles. The lowest BCUT2D eigenvalue weighted by atomic mass is 10.1. The minimum absolute atomic E-state index is 0.0131. The third-order valence-corrected chi connectivity index (χ3v) is 4.16. The molecule has 30 heavy (non-hydrogen) atoms. The van der Waals surface area contributed by atoms with Gasteiger partial charge in [-0.2, -0.15) is 0 Å². The molecule has 0 unspecified atom stereocenters. The molecule has 4 amide bonds. The number of nitrogen functional groups attached to an aromatic ring is 2. The lowest BCUT2D eigenvalue weighted by molar-refractivity contribution is -0.384. The second-order valence-corrected chi connectivity index (χ2v) is 5.99. The fourth-order valence-corrected chi connectivity index (χ4v) is 2.75. The number of fused-ring (bicyclic) bond motifs is 2. The smallest absolute Gasteiger partial charge is 0.292 e. The van der Waals surface area contributed by atoms with Gasteiger partial charge in [0.05, 0.1) is 32.1 Å². The van der Waals surface area contributed by atoms with Crippen LogP contribution in [0.1, 0.15) is 41.4 Å². The van der Waals surface area contributed by atoms with E-state index in [0.717, 1.165) is 24.3 Å². The molecular weight excluding hydrogens is 404 g/mol. The van der Waals surface area contributed by atoms with Crippen molar-refractivity contribution in [2.75, 3.05) is 11.5 Å². The Labute approximate surface area is 165 Å². The van der Waals surface area contributed by atoms with Crippen LogP contribution in [0.5, 0.6) is 0 Å². The van der Waals surface area contributed by atoms with Gasteiger partial charge in [0.1, 0.15) is 11.4 Å². The van der Waals surface area contributed by atoms with Crippen molar-refractivity contribution in [3.8, 4) is 0 Å². The Morgan fingerprint density at radius 1 is 0.600 bits per heavy atom. The van der Waals surface area contributed by atoms with Gasteiger partial charge in [0.2, 0.25) is 0 Å². The molecule has 0 fully saturated rings. The topological polar surface area (TPSA) is 231 Å². The SMILES string of the molecule is Nc1cc2c(cc1[N+](=O)[O-])C(=O)NC2=O.Nc1cc2c(cc1[N+](=O)[O-])C(=O)NC2=O. The molecule has 0 bridgehead atoms. The summed E-state index contributed by atoms with van der Waals surface area (Å²) in [6.07, 6.45) is 0. The molecular formula is C16H10N6O8. The largest absolute Gasteiger partial charge is 0.393 e. The fourth-order valence-electron chi connectivity index (χ4n) is 2.75. The molecule has 152 valence electrons. The zero-order valence-electron chi connectivity index (χ0n) is 14.6. The van der Waals surface area contributed by atoms with E-state index in [1.807, 2.05) is 10.6 Å². The maximum Gasteiger partial charge on any atom is 0.292 e. The first-order chi connectivity index (χ1) is 14.0. The van der Waals surface area contributed by atoms with Crippen molar-refractivity contribution in [2.24, 2.45) is 0 Å². The number of anilines is 2. The normalized spacial score (nSPS) is 13.6. The van der Waals surface area contributed by atoms with Gasteiger partial charge in [-0.1, -0.05) is 0 Å². The molecule has 14 nitrogen and oxygen atoms in total. The van der Waals surface area contributed by atoms with Crippen molar-refractivity contribution in [2.45, 2.75) is 0 Å². The molecule has 2 heterocycles. The summed E-state index contributed by atoms with van der Waals surface area (Å²) in [5.41, 5.74) is 9.83. The van der Waals surface area contributed by atoms with Crippen LogP contribution in [0.4, 0.5) is 22.7 Å². The van der Waals surface area contributed by atoms with Crippen molar-refractivity contribution >= 4 is 46.4 Å². The van der Waals surface area contributed by atoms with Crippen molar-refractivity contribution in [3.63, 3.8) is 0 Å². The molecule has 2 aromatic carbocycles. The highest BCUT2D eigenvalue weighted by atomic mass is 16.6. The molecule has 0 saturated carbocycles. The average molecular weight is 414 g/mol. The lowest BCUT2D eigenvalue weighted by Gasteiger charge is -1.98. The second kappa shape index (κ2) is 6.93. The van der Waals surface area contributed by atoms with Gasteiger partial charge in [-0.15, -0.1) is 0 Å². The maximum absolute atomic E-state index is 11.2. The summed E-state index contributed by atoms with van der Waals surface area (Å²) in [4.78, 5) is 64.3. The lowest BCUT2D eigenvalue weighted by Crippen LogP contribution is -2.19. The standard InChI is InChI=1S/2C8H5N3O4/c2*9-5-1-3-4(2-6(5)11(14)15)8(13)10-7(3)12/h2*1-2H,9H2,(H,10,12,13). The van der Waals surface area contributed by atoms with E-state index in [9.17, 15) is 39.4 Å². The predicted octanol–water partition coefficient (Wildman–Crippen LogP) is 0.121. The van der Waals surface area contributed by atoms with Gasteiger partial charge >= 0.3 is 0 Å². The molecule has 6 N–H and O–H groups in total. The van der Waals surface area contributed by atoms with Gasteiger partial charge in [-0.05, 0) is 12.1 Å². The average Bonchev–Trinajstić information content (AvgIpc) is 3.08. The predicted molar refractivity (Wildman–Crippen MR) is 98.6 cm³/mol. The molecule has 0 radical (unpaired) electrons. The highest BCUT2D eigenvalue weighted by molar-refractivity contribution is 6.23. The van der Waals surface area contributed by atoms with Crippen molar-refractivity contribution in [3.05, 3.63) is 66.7 Å². The van der Waals surface area contributed by atoms with Crippen molar-refractivity contribution in [1.82, 2.24) is 10.6 Å². The van der Waals surface area contributed by atoms with Crippen LogP contribution < -0.4 is 22.1 Å². The van der Waals surface area contributed by atoms with Crippen LogP contribution in [-0.2, 0) is 0 Å². The van der Waals surface area contributed by atoms with Gasteiger partial charge in [-0.3, -0.25) is 50.0 Å². The number of hydrogen-bond donors (Lipinski definition) is 4. The summed E-state index contributed by atoms with van der Waals surface area (Å²) >= 11 is 0. The minimum Gasteiger partial charge on any atom is -0.393 e. The van der Waals surface area contributed by atoms with E-state index in [-0.39, 0.29) is 45.0 Å². The fraction of sp³-hybridized carbons (Fsp3) is 0. The Balaban J connectivity index is 0.000000171. The van der Waals surface area contributed by atoms with E-state index in [1.54, 1.807) is 0 Å². The number of nitrogens with two attached hydrogens (primary N) is 2. The molecule has 2 aliphatic rings. The second-order valence-electron chi connectivity index (χ2n) is 5.99. The van der Waals surface area contributed by atoms with Crippen LogP contribution in [0.15, 0.2) is 24.3 Å². The summed E-state index contributed by atoms with van der Waals surface area (Å²) in [5.74, 6) is -2.45. The Hall–Kier alpha value is -4.88. The first kappa shape index (κ1) is 19.9. The van der Waals surface area contributed by atoms with E-state index in [0.29, 0.717) is 0 Å². The van der Waals surface area contributed by atoms with Gasteiger partial charge in [0, 0.05) is 12.1 Å². The number of nitrogens with one attached hydrogen (secondary N) is 2. The zero-order chi connectivity index (χ0) is 22.3. The zero-order valence-corrected chi connectivity index (χ0v) is 14.6. The molecule has 0 aliphatic carbocycles. The number of nitrogens with zero attached hydrogens (tertiary/aromatic N) is 2. The van der Waals surface area contributed by atoms with Gasteiger partial charge in [0.15, 0.2) is 0 Å². The number of hydrogen-bond acceptors (Lipinski definition) is 10. The molecule has 2 aliphatic heterocycles. The first-order valence-electron chi connectivity index (χ1n) is 7.88. The highest BCUT2D eigenvalue weighted by Crippen LogP contribution is 2.29. The summed E-state index contributed by atoms with van der Waals surface area (Å²) in [5, 5.41) is 25.1. The molecule has 0 spiro atoms. The Morgan fingerprint density at radius 2 is 0.867 bits per heavy atom. The summed E-state index contributed by atoms with van der Waals surface area (Å²) in [6.45, 7) is 0. The van der Waals surface area contributed by atoms with Crippen LogP contribution in [-0.4, -0.2) is 33.5 Å². The number of rotatable bonds is 2. The van der Waals surface area contributed by atoms with Crippen LogP contribution in [0.3, 0.4) is 0 Å². The highest BCUT2D eigenvalue weighted by Gasteiger charge is 2.31. The number of amides is 4. The molecule has 4 rings (SSSR count). The third-order valence-electron chi connectivity index (χ3n) is 4.16. The Bertz CT molecular complexity index is 1110. The summed E-state index contributed by atoms with van der Waals surface area (Å²) in [7, 11) is 0. The minimum atomic E-state index is -0.703. The molecule has 0 aromatic heterocycles.